The summed E-state index contributed by atoms with van der Waals surface area (Å²) in [4.78, 5) is 4.39. The molecule has 3 nitrogen and oxygen atoms in total. The molecule has 1 heterocycles. The summed E-state index contributed by atoms with van der Waals surface area (Å²) in [7, 11) is -0.991. The Balaban J connectivity index is 1.72. The topological polar surface area (TPSA) is 31.4 Å². The summed E-state index contributed by atoms with van der Waals surface area (Å²) in [6.07, 6.45) is 5.25. The predicted octanol–water partition coefficient (Wildman–Crippen LogP) is 3.85. The van der Waals surface area contributed by atoms with E-state index >= 15 is 0 Å². The summed E-state index contributed by atoms with van der Waals surface area (Å²) < 4.78 is 11.6. The molecule has 1 saturated carbocycles. The molecule has 18 heavy (non-hydrogen) atoms. The van der Waals surface area contributed by atoms with E-state index in [0.717, 1.165) is 24.5 Å². The summed E-state index contributed by atoms with van der Waals surface area (Å²) in [5.41, 5.74) is -0.132. The minimum Gasteiger partial charge on any atom is -0.356 e. The largest absolute Gasteiger partial charge is 0.356 e. The monoisotopic (exact) mass is 285 g/mol. The fourth-order valence-electron chi connectivity index (χ4n) is 1.96. The van der Waals surface area contributed by atoms with Crippen LogP contribution in [0.5, 0.6) is 0 Å². The minimum atomic E-state index is -0.991. The Hall–Kier alpha value is -0.233. The molecule has 0 aromatic carbocycles. The van der Waals surface area contributed by atoms with Crippen molar-refractivity contribution in [2.24, 2.45) is 0 Å². The van der Waals surface area contributed by atoms with Crippen LogP contribution in [0.25, 0.3) is 0 Å². The maximum atomic E-state index is 5.97. The maximum Gasteiger partial charge on any atom is 0.148 e. The van der Waals surface area contributed by atoms with Crippen LogP contribution in [0.15, 0.2) is 11.6 Å². The van der Waals surface area contributed by atoms with E-state index in [1.165, 1.54) is 12.5 Å². The van der Waals surface area contributed by atoms with Gasteiger partial charge in [0, 0.05) is 26.3 Å². The van der Waals surface area contributed by atoms with E-state index in [1.54, 1.807) is 11.3 Å². The van der Waals surface area contributed by atoms with Crippen molar-refractivity contribution in [1.82, 2.24) is 4.98 Å². The zero-order valence-corrected chi connectivity index (χ0v) is 13.4. The highest BCUT2D eigenvalue weighted by Crippen LogP contribution is 2.45. The molecule has 5 heteroatoms. The number of aromatic nitrogens is 1. The summed E-state index contributed by atoms with van der Waals surface area (Å²) >= 11 is 1.69. The van der Waals surface area contributed by atoms with Gasteiger partial charge in [-0.3, -0.25) is 0 Å². The summed E-state index contributed by atoms with van der Waals surface area (Å²) in [6.45, 7) is 8.31. The number of hydrogen-bond donors (Lipinski definition) is 0. The molecule has 1 aromatic rings. The van der Waals surface area contributed by atoms with Gasteiger partial charge in [0.15, 0.2) is 0 Å². The highest BCUT2D eigenvalue weighted by Gasteiger charge is 2.42. The average Bonchev–Trinajstić information content (AvgIpc) is 2.72. The van der Waals surface area contributed by atoms with Crippen molar-refractivity contribution >= 4 is 19.4 Å². The van der Waals surface area contributed by atoms with E-state index in [0.29, 0.717) is 6.79 Å². The van der Waals surface area contributed by atoms with Crippen LogP contribution in [0.3, 0.4) is 0 Å². The second-order valence-electron chi connectivity index (χ2n) is 6.17. The van der Waals surface area contributed by atoms with Crippen LogP contribution in [0, 0.1) is 0 Å². The van der Waals surface area contributed by atoms with Crippen LogP contribution in [-0.2, 0) is 15.1 Å². The van der Waals surface area contributed by atoms with Gasteiger partial charge in [-0.2, -0.15) is 0 Å². The first kappa shape index (κ1) is 14.2. The maximum absolute atomic E-state index is 5.97. The molecule has 2 rings (SSSR count). The smallest absolute Gasteiger partial charge is 0.148 e. The van der Waals surface area contributed by atoms with Crippen LogP contribution in [0.2, 0.25) is 25.7 Å². The Kier molecular flexibility index (Phi) is 4.58. The molecular formula is C13H23NO2SSi. The molecule has 0 N–H and O–H groups in total. The van der Waals surface area contributed by atoms with Gasteiger partial charge in [-0.25, -0.2) is 4.98 Å². The molecule has 1 aromatic heterocycles. The highest BCUT2D eigenvalue weighted by molar-refractivity contribution is 7.09. The second kappa shape index (κ2) is 5.82. The Morgan fingerprint density at radius 3 is 2.67 bits per heavy atom. The molecule has 0 radical (unpaired) electrons. The molecule has 0 saturated heterocycles. The Morgan fingerprint density at radius 1 is 1.39 bits per heavy atom. The fourth-order valence-corrected chi connectivity index (χ4v) is 3.56. The normalized spacial score (nSPS) is 18.6. The summed E-state index contributed by atoms with van der Waals surface area (Å²) in [6, 6.07) is 1.20. The third kappa shape index (κ3) is 3.63. The molecule has 0 amide bonds. The lowest BCUT2D eigenvalue weighted by Gasteiger charge is -2.39. The first-order valence-corrected chi connectivity index (χ1v) is 11.2. The number of hydrogen-bond acceptors (Lipinski definition) is 4. The summed E-state index contributed by atoms with van der Waals surface area (Å²) in [5, 5.41) is 3.13. The standard InChI is InChI=1S/C13H23NO2SSi/c1-18(2,3)10-8-15-11-16-13(5-4-6-13)12-14-7-9-17-12/h7,9H,4-6,8,10-11H2,1-3H3. The van der Waals surface area contributed by atoms with Crippen molar-refractivity contribution in [3.05, 3.63) is 16.6 Å². The van der Waals surface area contributed by atoms with Crippen molar-refractivity contribution < 1.29 is 9.47 Å². The number of thiazole rings is 1. The van der Waals surface area contributed by atoms with Gasteiger partial charge in [0.25, 0.3) is 0 Å². The molecular weight excluding hydrogens is 262 g/mol. The van der Waals surface area contributed by atoms with Gasteiger partial charge in [-0.1, -0.05) is 19.6 Å². The van der Waals surface area contributed by atoms with Gasteiger partial charge >= 0.3 is 0 Å². The van der Waals surface area contributed by atoms with Crippen molar-refractivity contribution in [3.63, 3.8) is 0 Å². The molecule has 0 aliphatic heterocycles. The van der Waals surface area contributed by atoms with Gasteiger partial charge in [-0.15, -0.1) is 11.3 Å². The van der Waals surface area contributed by atoms with Crippen LogP contribution in [0.4, 0.5) is 0 Å². The molecule has 0 bridgehead atoms. The zero-order valence-electron chi connectivity index (χ0n) is 11.6. The molecule has 0 atom stereocenters. The third-order valence-corrected chi connectivity index (χ3v) is 6.06. The van der Waals surface area contributed by atoms with Gasteiger partial charge in [0.05, 0.1) is 0 Å². The zero-order chi connectivity index (χ0) is 13.1. The lowest BCUT2D eigenvalue weighted by atomic mass is 9.80. The van der Waals surface area contributed by atoms with Crippen molar-refractivity contribution in [2.75, 3.05) is 13.4 Å². The van der Waals surface area contributed by atoms with Crippen LogP contribution >= 0.6 is 11.3 Å². The van der Waals surface area contributed by atoms with Gasteiger partial charge in [-0.05, 0) is 25.3 Å². The van der Waals surface area contributed by atoms with Gasteiger partial charge in [0.2, 0.25) is 0 Å². The number of nitrogens with zero attached hydrogens (tertiary/aromatic N) is 1. The van der Waals surface area contributed by atoms with Crippen molar-refractivity contribution in [1.29, 1.82) is 0 Å². The Morgan fingerprint density at radius 2 is 2.17 bits per heavy atom. The van der Waals surface area contributed by atoms with E-state index in [2.05, 4.69) is 24.6 Å². The van der Waals surface area contributed by atoms with Crippen molar-refractivity contribution in [3.8, 4) is 0 Å². The lowest BCUT2D eigenvalue weighted by Crippen LogP contribution is -2.38. The van der Waals surface area contributed by atoms with E-state index in [-0.39, 0.29) is 5.60 Å². The van der Waals surface area contributed by atoms with E-state index in [1.807, 2.05) is 11.6 Å². The first-order valence-electron chi connectivity index (χ1n) is 6.64. The minimum absolute atomic E-state index is 0.132. The SMILES string of the molecule is C[Si](C)(C)CCOCOC1(c2nccs2)CCC1. The fraction of sp³-hybridized carbons (Fsp3) is 0.769. The second-order valence-corrected chi connectivity index (χ2v) is 12.7. The van der Waals surface area contributed by atoms with Gasteiger partial charge in [0.1, 0.15) is 17.4 Å². The lowest BCUT2D eigenvalue weighted by molar-refractivity contribution is -0.178. The van der Waals surface area contributed by atoms with Crippen LogP contribution < -0.4 is 0 Å². The summed E-state index contributed by atoms with van der Waals surface area (Å²) in [5.74, 6) is 0. The predicted molar refractivity (Wildman–Crippen MR) is 77.7 cm³/mol. The van der Waals surface area contributed by atoms with E-state index < -0.39 is 8.07 Å². The molecule has 1 fully saturated rings. The van der Waals surface area contributed by atoms with Crippen LogP contribution in [-0.4, -0.2) is 26.5 Å². The number of ether oxygens (including phenoxy) is 2. The van der Waals surface area contributed by atoms with E-state index in [9.17, 15) is 0 Å². The van der Waals surface area contributed by atoms with E-state index in [4.69, 9.17) is 9.47 Å². The third-order valence-electron chi connectivity index (χ3n) is 3.40. The number of rotatable bonds is 7. The van der Waals surface area contributed by atoms with Crippen molar-refractivity contribution in [2.45, 2.75) is 50.5 Å². The molecule has 102 valence electrons. The Bertz CT molecular complexity index is 358. The molecule has 0 unspecified atom stereocenters. The van der Waals surface area contributed by atoms with Crippen LogP contribution in [0.1, 0.15) is 24.3 Å². The highest BCUT2D eigenvalue weighted by atomic mass is 32.1. The molecule has 1 aliphatic rings. The Labute approximate surface area is 115 Å². The quantitative estimate of drug-likeness (QED) is 0.433. The first-order chi connectivity index (χ1) is 8.52. The molecule has 1 aliphatic carbocycles. The molecule has 0 spiro atoms. The average molecular weight is 285 g/mol. The van der Waals surface area contributed by atoms with Gasteiger partial charge < -0.3 is 9.47 Å².